The van der Waals surface area contributed by atoms with E-state index in [0.717, 1.165) is 30.2 Å². The zero-order valence-electron chi connectivity index (χ0n) is 11.8. The molecule has 1 aliphatic rings. The highest BCUT2D eigenvalue weighted by Gasteiger charge is 2.31. The van der Waals surface area contributed by atoms with E-state index in [0.29, 0.717) is 17.7 Å². The van der Waals surface area contributed by atoms with Gasteiger partial charge in [-0.2, -0.15) is 13.2 Å². The van der Waals surface area contributed by atoms with Crippen LogP contribution in [0.2, 0.25) is 0 Å². The molecule has 0 saturated heterocycles. The Morgan fingerprint density at radius 2 is 1.95 bits per heavy atom. The van der Waals surface area contributed by atoms with Gasteiger partial charge < -0.3 is 5.32 Å². The van der Waals surface area contributed by atoms with Gasteiger partial charge in [0.1, 0.15) is 0 Å². The fraction of sp³-hybridized carbons (Fsp3) is 0.400. The molecule has 0 bridgehead atoms. The lowest BCUT2D eigenvalue weighted by Gasteiger charge is -2.14. The van der Waals surface area contributed by atoms with Crippen molar-refractivity contribution < 1.29 is 13.2 Å². The van der Waals surface area contributed by atoms with Gasteiger partial charge in [-0.3, -0.25) is 4.57 Å². The van der Waals surface area contributed by atoms with Crippen molar-refractivity contribution in [2.75, 3.05) is 5.32 Å². The molecule has 3 nitrogen and oxygen atoms in total. The summed E-state index contributed by atoms with van der Waals surface area (Å²) in [5.41, 5.74) is 1.41. The van der Waals surface area contributed by atoms with E-state index in [2.05, 4.69) is 10.3 Å². The molecule has 6 heteroatoms. The van der Waals surface area contributed by atoms with Gasteiger partial charge >= 0.3 is 6.18 Å². The van der Waals surface area contributed by atoms with E-state index in [1.54, 1.807) is 17.7 Å². The number of hydrogen-bond donors (Lipinski definition) is 1. The number of nitrogens with one attached hydrogen (secondary N) is 1. The van der Waals surface area contributed by atoms with Crippen LogP contribution in [0, 0.1) is 13.8 Å². The lowest BCUT2D eigenvalue weighted by atomic mass is 10.1. The number of alkyl halides is 3. The average molecular weight is 295 g/mol. The molecule has 0 atom stereocenters. The maximum atomic E-state index is 12.9. The van der Waals surface area contributed by atoms with Crippen molar-refractivity contribution in [1.82, 2.24) is 9.55 Å². The maximum Gasteiger partial charge on any atom is 0.416 e. The highest BCUT2D eigenvalue weighted by Crippen LogP contribution is 2.33. The van der Waals surface area contributed by atoms with Crippen molar-refractivity contribution in [1.29, 1.82) is 0 Å². The first kappa shape index (κ1) is 14.0. The van der Waals surface area contributed by atoms with Gasteiger partial charge in [0.25, 0.3) is 0 Å². The van der Waals surface area contributed by atoms with Gasteiger partial charge in [0.15, 0.2) is 0 Å². The molecular weight excluding hydrogens is 279 g/mol. The van der Waals surface area contributed by atoms with E-state index in [9.17, 15) is 13.2 Å². The Balaban J connectivity index is 2.06. The Morgan fingerprint density at radius 3 is 2.57 bits per heavy atom. The van der Waals surface area contributed by atoms with E-state index >= 15 is 0 Å². The fourth-order valence-electron chi connectivity index (χ4n) is 2.24. The van der Waals surface area contributed by atoms with Gasteiger partial charge in [-0.15, -0.1) is 0 Å². The minimum absolute atomic E-state index is 0.386. The summed E-state index contributed by atoms with van der Waals surface area (Å²) in [6.07, 6.45) is -0.434. The largest absolute Gasteiger partial charge is 0.416 e. The van der Waals surface area contributed by atoms with Crippen LogP contribution in [-0.4, -0.2) is 15.6 Å². The van der Waals surface area contributed by atoms with E-state index in [1.165, 1.54) is 12.1 Å². The zero-order valence-corrected chi connectivity index (χ0v) is 11.8. The van der Waals surface area contributed by atoms with E-state index in [-0.39, 0.29) is 0 Å². The quantitative estimate of drug-likeness (QED) is 0.924. The second-order valence-electron chi connectivity index (χ2n) is 5.49. The smallest absolute Gasteiger partial charge is 0.353 e. The molecular formula is C15H16F3N3. The van der Waals surface area contributed by atoms with E-state index < -0.39 is 11.7 Å². The summed E-state index contributed by atoms with van der Waals surface area (Å²) in [5.74, 6) is 0.609. The molecule has 112 valence electrons. The van der Waals surface area contributed by atoms with Gasteiger partial charge in [0.2, 0.25) is 5.95 Å². The summed E-state index contributed by atoms with van der Waals surface area (Å²) in [4.78, 5) is 4.37. The standard InChI is InChI=1S/C15H16F3N3/c1-9-3-4-11(15(16,17)18)7-13(9)21-8-10(2)19-14(21)20-12-5-6-12/h3-4,7-8,12H,5-6H2,1-2H3,(H,19,20). The molecule has 0 unspecified atom stereocenters. The van der Waals surface area contributed by atoms with Gasteiger partial charge in [-0.1, -0.05) is 6.07 Å². The molecule has 0 aliphatic heterocycles. The molecule has 1 aliphatic carbocycles. The first-order valence-electron chi connectivity index (χ1n) is 6.85. The first-order chi connectivity index (χ1) is 9.84. The summed E-state index contributed by atoms with van der Waals surface area (Å²) in [7, 11) is 0. The number of anilines is 1. The highest BCUT2D eigenvalue weighted by atomic mass is 19.4. The van der Waals surface area contributed by atoms with Gasteiger partial charge in [0, 0.05) is 12.2 Å². The first-order valence-corrected chi connectivity index (χ1v) is 6.85. The number of aryl methyl sites for hydroxylation is 2. The molecule has 0 amide bonds. The maximum absolute atomic E-state index is 12.9. The predicted octanol–water partition coefficient (Wildman–Crippen LogP) is 4.08. The number of halogens is 3. The summed E-state index contributed by atoms with van der Waals surface area (Å²) in [6.45, 7) is 3.63. The second-order valence-corrected chi connectivity index (χ2v) is 5.49. The number of rotatable bonds is 3. The average Bonchev–Trinajstić information content (AvgIpc) is 3.11. The van der Waals surface area contributed by atoms with E-state index in [4.69, 9.17) is 0 Å². The Kier molecular flexibility index (Phi) is 3.19. The van der Waals surface area contributed by atoms with Crippen molar-refractivity contribution >= 4 is 5.95 Å². The normalized spacial score (nSPS) is 15.3. The number of aromatic nitrogens is 2. The van der Waals surface area contributed by atoms with Crippen LogP contribution in [0.15, 0.2) is 24.4 Å². The highest BCUT2D eigenvalue weighted by molar-refractivity contribution is 5.50. The van der Waals surface area contributed by atoms with Gasteiger partial charge in [-0.25, -0.2) is 4.98 Å². The second kappa shape index (κ2) is 4.79. The molecule has 1 fully saturated rings. The summed E-state index contributed by atoms with van der Waals surface area (Å²) in [5, 5.41) is 3.26. The zero-order chi connectivity index (χ0) is 15.2. The molecule has 0 radical (unpaired) electrons. The Morgan fingerprint density at radius 1 is 1.24 bits per heavy atom. The van der Waals surface area contributed by atoms with Crippen LogP contribution in [0.25, 0.3) is 5.69 Å². The number of imidazole rings is 1. The van der Waals surface area contributed by atoms with Gasteiger partial charge in [0.05, 0.1) is 16.9 Å². The molecule has 2 aromatic rings. The molecule has 21 heavy (non-hydrogen) atoms. The van der Waals surface area contributed by atoms with Crippen LogP contribution in [0.3, 0.4) is 0 Å². The van der Waals surface area contributed by atoms with Crippen molar-refractivity contribution in [2.45, 2.75) is 38.9 Å². The van der Waals surface area contributed by atoms with Crippen LogP contribution in [-0.2, 0) is 6.18 Å². The molecule has 1 N–H and O–H groups in total. The third kappa shape index (κ3) is 2.89. The third-order valence-electron chi connectivity index (χ3n) is 3.53. The number of hydrogen-bond acceptors (Lipinski definition) is 2. The molecule has 1 aromatic carbocycles. The monoisotopic (exact) mass is 295 g/mol. The predicted molar refractivity (Wildman–Crippen MR) is 74.7 cm³/mol. The molecule has 1 heterocycles. The summed E-state index contributed by atoms with van der Waals surface area (Å²) >= 11 is 0. The topological polar surface area (TPSA) is 29.9 Å². The Hall–Kier alpha value is -1.98. The van der Waals surface area contributed by atoms with Crippen molar-refractivity contribution in [3.8, 4) is 5.69 Å². The third-order valence-corrected chi connectivity index (χ3v) is 3.53. The lowest BCUT2D eigenvalue weighted by Crippen LogP contribution is -2.10. The SMILES string of the molecule is Cc1cn(-c2cc(C(F)(F)F)ccc2C)c(NC2CC2)n1. The Labute approximate surface area is 120 Å². The summed E-state index contributed by atoms with van der Waals surface area (Å²) in [6, 6.07) is 4.16. The lowest BCUT2D eigenvalue weighted by molar-refractivity contribution is -0.137. The molecule has 1 aromatic heterocycles. The number of benzene rings is 1. The van der Waals surface area contributed by atoms with E-state index in [1.807, 2.05) is 6.92 Å². The molecule has 1 saturated carbocycles. The van der Waals surface area contributed by atoms with Crippen LogP contribution in [0.1, 0.15) is 29.7 Å². The minimum atomic E-state index is -4.35. The molecule has 0 spiro atoms. The van der Waals surface area contributed by atoms with Crippen LogP contribution >= 0.6 is 0 Å². The molecule has 3 rings (SSSR count). The van der Waals surface area contributed by atoms with Crippen LogP contribution in [0.5, 0.6) is 0 Å². The number of nitrogens with zero attached hydrogens (tertiary/aromatic N) is 2. The fourth-order valence-corrected chi connectivity index (χ4v) is 2.24. The Bertz CT molecular complexity index is 669. The van der Waals surface area contributed by atoms with Crippen LogP contribution in [0.4, 0.5) is 19.1 Å². The van der Waals surface area contributed by atoms with Gasteiger partial charge in [-0.05, 0) is 44.4 Å². The van der Waals surface area contributed by atoms with Crippen molar-refractivity contribution in [3.05, 3.63) is 41.2 Å². The van der Waals surface area contributed by atoms with Crippen LogP contribution < -0.4 is 5.32 Å². The minimum Gasteiger partial charge on any atom is -0.353 e. The van der Waals surface area contributed by atoms with Crippen molar-refractivity contribution in [3.63, 3.8) is 0 Å². The van der Waals surface area contributed by atoms with Crippen molar-refractivity contribution in [2.24, 2.45) is 0 Å². The summed E-state index contributed by atoms with van der Waals surface area (Å²) < 4.78 is 40.4.